The maximum atomic E-state index is 12.7. The monoisotopic (exact) mass is 361 g/mol. The molecular weight excluding hydrogens is 346 g/mol. The highest BCUT2D eigenvalue weighted by Gasteiger charge is 2.30. The normalized spacial score (nSPS) is 16.6. The first-order valence-corrected chi connectivity index (χ1v) is 8.64. The highest BCUT2D eigenvalue weighted by molar-refractivity contribution is 9.10. The molecule has 2 nitrogen and oxygen atoms in total. The predicted molar refractivity (Wildman–Crippen MR) is 90.5 cm³/mol. The van der Waals surface area contributed by atoms with Gasteiger partial charge in [-0.1, -0.05) is 46.3 Å². The average molecular weight is 362 g/mol. The summed E-state index contributed by atoms with van der Waals surface area (Å²) in [6.07, 6.45) is 0. The zero-order valence-electron chi connectivity index (χ0n) is 11.8. The second-order valence-corrected chi connectivity index (χ2v) is 7.20. The van der Waals surface area contributed by atoms with Crippen LogP contribution in [-0.4, -0.2) is 23.6 Å². The lowest BCUT2D eigenvalue weighted by atomic mass is 10.00. The fourth-order valence-electron chi connectivity index (χ4n) is 2.57. The van der Waals surface area contributed by atoms with Crippen molar-refractivity contribution in [3.05, 3.63) is 64.1 Å². The van der Waals surface area contributed by atoms with Gasteiger partial charge in [-0.3, -0.25) is 4.79 Å². The van der Waals surface area contributed by atoms with Gasteiger partial charge in [0.05, 0.1) is 5.92 Å². The van der Waals surface area contributed by atoms with Crippen molar-refractivity contribution < 1.29 is 4.79 Å². The molecule has 1 aliphatic rings. The van der Waals surface area contributed by atoms with E-state index in [0.717, 1.165) is 15.8 Å². The van der Waals surface area contributed by atoms with Crippen LogP contribution in [0.15, 0.2) is 57.9 Å². The van der Waals surface area contributed by atoms with Gasteiger partial charge in [0.15, 0.2) is 0 Å². The Bertz CT molecular complexity index is 656. The minimum Gasteiger partial charge on any atom is -0.341 e. The van der Waals surface area contributed by atoms with E-state index in [9.17, 15) is 4.79 Å². The van der Waals surface area contributed by atoms with E-state index in [1.807, 2.05) is 48.3 Å². The van der Waals surface area contributed by atoms with E-state index in [4.69, 9.17) is 0 Å². The molecule has 2 aromatic rings. The molecule has 0 bridgehead atoms. The maximum absolute atomic E-state index is 12.7. The van der Waals surface area contributed by atoms with E-state index in [1.54, 1.807) is 11.8 Å². The molecule has 0 aliphatic carbocycles. The number of thioether (sulfide) groups is 1. The van der Waals surface area contributed by atoms with Crippen LogP contribution in [0.25, 0.3) is 0 Å². The smallest absolute Gasteiger partial charge is 0.231 e. The molecule has 0 N–H and O–H groups in total. The van der Waals surface area contributed by atoms with Gasteiger partial charge in [0.1, 0.15) is 0 Å². The highest BCUT2D eigenvalue weighted by atomic mass is 79.9. The number of rotatable bonds is 3. The Morgan fingerprint density at radius 2 is 1.95 bits per heavy atom. The Morgan fingerprint density at radius 3 is 2.71 bits per heavy atom. The summed E-state index contributed by atoms with van der Waals surface area (Å²) < 4.78 is 1.06. The molecule has 3 rings (SSSR count). The van der Waals surface area contributed by atoms with Gasteiger partial charge in [0.25, 0.3) is 0 Å². The molecule has 1 heterocycles. The van der Waals surface area contributed by atoms with E-state index >= 15 is 0 Å². The van der Waals surface area contributed by atoms with Crippen LogP contribution in [0.4, 0.5) is 0 Å². The molecule has 0 aromatic heterocycles. The summed E-state index contributed by atoms with van der Waals surface area (Å²) in [7, 11) is 1.88. The van der Waals surface area contributed by atoms with Crippen LogP contribution >= 0.6 is 27.7 Å². The third kappa shape index (κ3) is 3.16. The maximum Gasteiger partial charge on any atom is 0.231 e. The molecule has 4 heteroatoms. The minimum atomic E-state index is -0.00773. The molecule has 0 saturated heterocycles. The van der Waals surface area contributed by atoms with E-state index in [0.29, 0.717) is 6.54 Å². The van der Waals surface area contributed by atoms with E-state index in [2.05, 4.69) is 28.1 Å². The van der Waals surface area contributed by atoms with Crippen LogP contribution in [0.1, 0.15) is 17.0 Å². The Kier molecular flexibility index (Phi) is 4.36. The number of fused-ring (bicyclic) bond motifs is 1. The molecule has 0 fully saturated rings. The largest absolute Gasteiger partial charge is 0.341 e. The summed E-state index contributed by atoms with van der Waals surface area (Å²) in [6.45, 7) is 0.648. The Labute approximate surface area is 137 Å². The average Bonchev–Trinajstić information content (AvgIpc) is 2.92. The third-order valence-electron chi connectivity index (χ3n) is 3.71. The van der Waals surface area contributed by atoms with Gasteiger partial charge in [-0.25, -0.2) is 0 Å². The Balaban J connectivity index is 1.72. The second kappa shape index (κ2) is 6.24. The number of nitrogens with zero attached hydrogens (tertiary/aromatic N) is 1. The van der Waals surface area contributed by atoms with E-state index < -0.39 is 0 Å². The molecule has 0 radical (unpaired) electrons. The zero-order chi connectivity index (χ0) is 14.8. The lowest BCUT2D eigenvalue weighted by Crippen LogP contribution is -2.31. The van der Waals surface area contributed by atoms with Crippen molar-refractivity contribution in [3.63, 3.8) is 0 Å². The van der Waals surface area contributed by atoms with Crippen LogP contribution < -0.4 is 0 Å². The Hall–Kier alpha value is -1.26. The molecule has 1 unspecified atom stereocenters. The summed E-state index contributed by atoms with van der Waals surface area (Å²) >= 11 is 5.21. The first-order chi connectivity index (χ1) is 10.1. The SMILES string of the molecule is CN(Cc1ccc(Br)cc1)C(=O)C1CSc2ccccc21. The van der Waals surface area contributed by atoms with Crippen LogP contribution in [0.3, 0.4) is 0 Å². The molecule has 1 aliphatic heterocycles. The quantitative estimate of drug-likeness (QED) is 0.812. The van der Waals surface area contributed by atoms with Gasteiger partial charge in [0.2, 0.25) is 5.91 Å². The highest BCUT2D eigenvalue weighted by Crippen LogP contribution is 2.40. The van der Waals surface area contributed by atoms with Crippen LogP contribution in [0, 0.1) is 0 Å². The standard InChI is InChI=1S/C17H16BrNOS/c1-19(10-12-6-8-13(18)9-7-12)17(20)15-11-21-16-5-3-2-4-14(15)16/h2-9,15H,10-11H2,1H3. The first-order valence-electron chi connectivity index (χ1n) is 6.86. The van der Waals surface area contributed by atoms with Gasteiger partial charge >= 0.3 is 0 Å². The van der Waals surface area contributed by atoms with Gasteiger partial charge in [-0.15, -0.1) is 11.8 Å². The zero-order valence-corrected chi connectivity index (χ0v) is 14.2. The number of halogens is 1. The van der Waals surface area contributed by atoms with Crippen molar-refractivity contribution in [1.29, 1.82) is 0 Å². The number of hydrogen-bond donors (Lipinski definition) is 0. The van der Waals surface area contributed by atoms with Crippen molar-refractivity contribution in [1.82, 2.24) is 4.90 Å². The van der Waals surface area contributed by atoms with Gasteiger partial charge in [0, 0.05) is 28.7 Å². The summed E-state index contributed by atoms with van der Waals surface area (Å²) in [5.74, 6) is 1.05. The lowest BCUT2D eigenvalue weighted by molar-refractivity contribution is -0.131. The number of hydrogen-bond acceptors (Lipinski definition) is 2. The summed E-state index contributed by atoms with van der Waals surface area (Å²) in [4.78, 5) is 15.8. The van der Waals surface area contributed by atoms with Crippen molar-refractivity contribution in [2.45, 2.75) is 17.4 Å². The van der Waals surface area contributed by atoms with Gasteiger partial charge in [-0.2, -0.15) is 0 Å². The summed E-state index contributed by atoms with van der Waals surface area (Å²) in [5, 5.41) is 0. The number of likely N-dealkylation sites (N-methyl/N-ethyl adjacent to an activating group) is 1. The van der Waals surface area contributed by atoms with E-state index in [1.165, 1.54) is 10.5 Å². The molecule has 2 aromatic carbocycles. The lowest BCUT2D eigenvalue weighted by Gasteiger charge is -2.21. The number of benzene rings is 2. The van der Waals surface area contributed by atoms with E-state index in [-0.39, 0.29) is 11.8 Å². The molecule has 0 spiro atoms. The van der Waals surface area contributed by atoms with Crippen LogP contribution in [0.2, 0.25) is 0 Å². The molecular formula is C17H16BrNOS. The minimum absolute atomic E-state index is 0.00773. The molecule has 1 amide bonds. The summed E-state index contributed by atoms with van der Waals surface area (Å²) in [6, 6.07) is 16.3. The number of amides is 1. The third-order valence-corrected chi connectivity index (χ3v) is 5.42. The van der Waals surface area contributed by atoms with Crippen molar-refractivity contribution in [3.8, 4) is 0 Å². The fourth-order valence-corrected chi connectivity index (χ4v) is 4.06. The number of carbonyl (C=O) groups is 1. The van der Waals surface area contributed by atoms with Gasteiger partial charge < -0.3 is 4.90 Å². The molecule has 0 saturated carbocycles. The number of carbonyl (C=O) groups excluding carboxylic acids is 1. The molecule has 1 atom stereocenters. The predicted octanol–water partition coefficient (Wildman–Crippen LogP) is 4.30. The van der Waals surface area contributed by atoms with Crippen molar-refractivity contribution in [2.75, 3.05) is 12.8 Å². The second-order valence-electron chi connectivity index (χ2n) is 5.22. The van der Waals surface area contributed by atoms with Crippen LogP contribution in [-0.2, 0) is 11.3 Å². The molecule has 21 heavy (non-hydrogen) atoms. The van der Waals surface area contributed by atoms with Crippen LogP contribution in [0.5, 0.6) is 0 Å². The fraction of sp³-hybridized carbons (Fsp3) is 0.235. The first kappa shape index (κ1) is 14.7. The summed E-state index contributed by atoms with van der Waals surface area (Å²) in [5.41, 5.74) is 2.32. The topological polar surface area (TPSA) is 20.3 Å². The molecule has 108 valence electrons. The Morgan fingerprint density at radius 1 is 1.24 bits per heavy atom. The van der Waals surface area contributed by atoms with Gasteiger partial charge in [-0.05, 0) is 29.3 Å². The van der Waals surface area contributed by atoms with Crippen molar-refractivity contribution in [2.24, 2.45) is 0 Å². The van der Waals surface area contributed by atoms with Crippen molar-refractivity contribution >= 4 is 33.6 Å².